The fourth-order valence-corrected chi connectivity index (χ4v) is 1.21. The average molecular weight is 200 g/mol. The molecule has 0 bridgehead atoms. The normalized spacial score (nSPS) is 19.1. The fourth-order valence-electron chi connectivity index (χ4n) is 1.21. The molecule has 0 nitrogen and oxygen atoms in total. The molecule has 0 radical (unpaired) electrons. The smallest absolute Gasteiger partial charge is 0.00238 e. The van der Waals surface area contributed by atoms with Crippen molar-refractivity contribution < 1.29 is 0 Å². The molecule has 0 aliphatic carbocycles. The van der Waals surface area contributed by atoms with Gasteiger partial charge in [-0.1, -0.05) is 45.8 Å². The van der Waals surface area contributed by atoms with Gasteiger partial charge < -0.3 is 0 Å². The van der Waals surface area contributed by atoms with Gasteiger partial charge in [0.1, 0.15) is 0 Å². The van der Waals surface area contributed by atoms with E-state index in [9.17, 15) is 0 Å². The lowest BCUT2D eigenvalue weighted by molar-refractivity contribution is 0.423. The Bertz CT molecular complexity index is 124. The van der Waals surface area contributed by atoms with Crippen molar-refractivity contribution in [3.8, 4) is 0 Å². The first-order valence-electron chi connectivity index (χ1n) is 5.42. The molecule has 1 heterocycles. The van der Waals surface area contributed by atoms with Gasteiger partial charge in [0, 0.05) is 11.5 Å². The molecule has 1 rings (SSSR count). The predicted molar refractivity (Wildman–Crippen MR) is 65.4 cm³/mol. The minimum absolute atomic E-state index is 0.755. The second-order valence-electron chi connectivity index (χ2n) is 3.76. The van der Waals surface area contributed by atoms with Crippen LogP contribution in [0.3, 0.4) is 0 Å². The summed E-state index contributed by atoms with van der Waals surface area (Å²) in [6.07, 6.45) is 7.10. The molecule has 13 heavy (non-hydrogen) atoms. The van der Waals surface area contributed by atoms with E-state index in [4.69, 9.17) is 0 Å². The summed E-state index contributed by atoms with van der Waals surface area (Å²) >= 11 is 2.00. The standard InChI is InChI=1S/C10H20.C2H4S/c1-5-7-9(3)10(4)8-6-2;1-2-3-1/h5,7,9-10H,6,8H2,1-4H3;1-2H2/b7-5-;/t9?,10-;/m1./s1. The second kappa shape index (κ2) is 8.68. The van der Waals surface area contributed by atoms with Gasteiger partial charge in [-0.15, -0.1) is 0 Å². The van der Waals surface area contributed by atoms with E-state index in [1.807, 2.05) is 11.8 Å². The van der Waals surface area contributed by atoms with E-state index in [1.54, 1.807) is 0 Å². The van der Waals surface area contributed by atoms with Gasteiger partial charge >= 0.3 is 0 Å². The highest BCUT2D eigenvalue weighted by Crippen LogP contribution is 2.17. The summed E-state index contributed by atoms with van der Waals surface area (Å²) in [7, 11) is 0. The first-order valence-corrected chi connectivity index (χ1v) is 6.58. The van der Waals surface area contributed by atoms with Crippen LogP contribution in [0.25, 0.3) is 0 Å². The topological polar surface area (TPSA) is 0 Å². The SMILES string of the molecule is C/C=C\C(C)[C@H](C)CCC.C1CS1. The Morgan fingerprint density at radius 2 is 1.85 bits per heavy atom. The quantitative estimate of drug-likeness (QED) is 0.480. The summed E-state index contributed by atoms with van der Waals surface area (Å²) in [4.78, 5) is 0. The van der Waals surface area contributed by atoms with Crippen molar-refractivity contribution in [3.63, 3.8) is 0 Å². The number of allylic oxidation sites excluding steroid dienone is 2. The molecule has 0 aromatic rings. The number of hydrogen-bond donors (Lipinski definition) is 0. The molecule has 0 aromatic heterocycles. The molecule has 1 heteroatoms. The van der Waals surface area contributed by atoms with Crippen LogP contribution in [0.15, 0.2) is 12.2 Å². The molecular formula is C12H24S. The van der Waals surface area contributed by atoms with Crippen molar-refractivity contribution in [2.45, 2.75) is 40.5 Å². The maximum absolute atomic E-state index is 2.33. The van der Waals surface area contributed by atoms with Crippen molar-refractivity contribution >= 4 is 11.8 Å². The molecule has 1 unspecified atom stereocenters. The van der Waals surface area contributed by atoms with E-state index in [2.05, 4.69) is 39.8 Å². The van der Waals surface area contributed by atoms with Gasteiger partial charge in [0.2, 0.25) is 0 Å². The minimum atomic E-state index is 0.755. The Morgan fingerprint density at radius 1 is 1.31 bits per heavy atom. The average Bonchev–Trinajstić information content (AvgIpc) is 2.91. The Balaban J connectivity index is 0.000000396. The third-order valence-electron chi connectivity index (χ3n) is 2.34. The van der Waals surface area contributed by atoms with Crippen molar-refractivity contribution in [2.75, 3.05) is 11.5 Å². The second-order valence-corrected chi connectivity index (χ2v) is 4.99. The molecule has 1 aliphatic heterocycles. The molecule has 78 valence electrons. The van der Waals surface area contributed by atoms with Gasteiger partial charge in [0.05, 0.1) is 0 Å². The number of thioether (sulfide) groups is 1. The highest BCUT2D eigenvalue weighted by atomic mass is 32.2. The van der Waals surface area contributed by atoms with Gasteiger partial charge in [0.25, 0.3) is 0 Å². The van der Waals surface area contributed by atoms with Crippen LogP contribution in [0.5, 0.6) is 0 Å². The van der Waals surface area contributed by atoms with Crippen LogP contribution in [0.2, 0.25) is 0 Å². The van der Waals surface area contributed by atoms with Gasteiger partial charge in [0.15, 0.2) is 0 Å². The lowest BCUT2D eigenvalue weighted by Gasteiger charge is -2.14. The summed E-state index contributed by atoms with van der Waals surface area (Å²) in [6, 6.07) is 0. The van der Waals surface area contributed by atoms with Gasteiger partial charge in [-0.05, 0) is 18.8 Å². The van der Waals surface area contributed by atoms with E-state index in [0.717, 1.165) is 11.8 Å². The molecule has 0 spiro atoms. The van der Waals surface area contributed by atoms with E-state index >= 15 is 0 Å². The highest BCUT2D eigenvalue weighted by molar-refractivity contribution is 8.06. The molecule has 1 fully saturated rings. The molecular weight excluding hydrogens is 176 g/mol. The highest BCUT2D eigenvalue weighted by Gasteiger charge is 2.06. The lowest BCUT2D eigenvalue weighted by Crippen LogP contribution is -2.03. The zero-order chi connectivity index (χ0) is 10.1. The molecule has 0 aromatic carbocycles. The maximum Gasteiger partial charge on any atom is 0.00238 e. The van der Waals surface area contributed by atoms with Crippen LogP contribution in [0.1, 0.15) is 40.5 Å². The van der Waals surface area contributed by atoms with Crippen LogP contribution in [-0.4, -0.2) is 11.5 Å². The Hall–Kier alpha value is 0.0900. The fraction of sp³-hybridized carbons (Fsp3) is 0.833. The maximum atomic E-state index is 2.33. The van der Waals surface area contributed by atoms with E-state index in [-0.39, 0.29) is 0 Å². The van der Waals surface area contributed by atoms with Gasteiger partial charge in [-0.2, -0.15) is 11.8 Å². The summed E-state index contributed by atoms with van der Waals surface area (Å²) in [5.41, 5.74) is 0. The van der Waals surface area contributed by atoms with Crippen LogP contribution in [0, 0.1) is 11.8 Å². The number of hydrogen-bond acceptors (Lipinski definition) is 1. The molecule has 1 aliphatic rings. The molecule has 0 saturated carbocycles. The predicted octanol–water partition coefficient (Wildman–Crippen LogP) is 4.37. The molecule has 0 amide bonds. The van der Waals surface area contributed by atoms with E-state index in [0.29, 0.717) is 0 Å². The summed E-state index contributed by atoms with van der Waals surface area (Å²) in [5, 5.41) is 0. The molecule has 2 atom stereocenters. The molecule has 0 N–H and O–H groups in total. The van der Waals surface area contributed by atoms with Crippen LogP contribution in [-0.2, 0) is 0 Å². The lowest BCUT2D eigenvalue weighted by atomic mass is 9.92. The molecule has 1 saturated heterocycles. The Morgan fingerprint density at radius 3 is 2.15 bits per heavy atom. The van der Waals surface area contributed by atoms with Gasteiger partial charge in [-0.3, -0.25) is 0 Å². The minimum Gasteiger partial charge on any atom is -0.160 e. The Labute approximate surface area is 88.2 Å². The third-order valence-corrected chi connectivity index (χ3v) is 2.75. The van der Waals surface area contributed by atoms with Crippen LogP contribution >= 0.6 is 11.8 Å². The van der Waals surface area contributed by atoms with Crippen molar-refractivity contribution in [2.24, 2.45) is 11.8 Å². The van der Waals surface area contributed by atoms with Crippen LogP contribution < -0.4 is 0 Å². The van der Waals surface area contributed by atoms with Crippen molar-refractivity contribution in [3.05, 3.63) is 12.2 Å². The first kappa shape index (κ1) is 13.1. The van der Waals surface area contributed by atoms with Crippen LogP contribution in [0.4, 0.5) is 0 Å². The summed E-state index contributed by atoms with van der Waals surface area (Å²) in [5.74, 6) is 4.44. The van der Waals surface area contributed by atoms with E-state index in [1.165, 1.54) is 24.3 Å². The monoisotopic (exact) mass is 200 g/mol. The largest absolute Gasteiger partial charge is 0.160 e. The Kier molecular flexibility index (Phi) is 8.74. The number of rotatable bonds is 4. The van der Waals surface area contributed by atoms with Crippen molar-refractivity contribution in [1.29, 1.82) is 0 Å². The van der Waals surface area contributed by atoms with E-state index < -0.39 is 0 Å². The summed E-state index contributed by atoms with van der Waals surface area (Å²) < 4.78 is 0. The van der Waals surface area contributed by atoms with Crippen molar-refractivity contribution in [1.82, 2.24) is 0 Å². The first-order chi connectivity index (χ1) is 6.22. The zero-order valence-electron chi connectivity index (χ0n) is 9.55. The zero-order valence-corrected chi connectivity index (χ0v) is 10.4. The summed E-state index contributed by atoms with van der Waals surface area (Å²) in [6.45, 7) is 8.96. The van der Waals surface area contributed by atoms with Gasteiger partial charge in [-0.25, -0.2) is 0 Å². The third kappa shape index (κ3) is 10.0.